The van der Waals surface area contributed by atoms with Crippen LogP contribution in [0.2, 0.25) is 0 Å². The molecular weight excluding hydrogens is 234 g/mol. The molecule has 1 heterocycles. The average Bonchev–Trinajstić information content (AvgIpc) is 3.31. The summed E-state index contributed by atoms with van der Waals surface area (Å²) in [6, 6.07) is 0.962. The molecule has 0 aromatic rings. The van der Waals surface area contributed by atoms with Gasteiger partial charge in [0.05, 0.1) is 0 Å². The number of hydrogen-bond donors (Lipinski definition) is 1. The molecule has 110 valence electrons. The molecule has 3 aliphatic rings. The van der Waals surface area contributed by atoms with Crippen molar-refractivity contribution < 1.29 is 0 Å². The first-order valence-electron chi connectivity index (χ1n) is 8.47. The van der Waals surface area contributed by atoms with Gasteiger partial charge < -0.3 is 10.2 Å². The Morgan fingerprint density at radius 2 is 1.68 bits per heavy atom. The minimum atomic E-state index is 0.464. The summed E-state index contributed by atoms with van der Waals surface area (Å²) in [4.78, 5) is 5.41. The normalized spacial score (nSPS) is 29.5. The zero-order valence-corrected chi connectivity index (χ0v) is 12.7. The summed E-state index contributed by atoms with van der Waals surface area (Å²) in [6.45, 7) is 6.54. The van der Waals surface area contributed by atoms with Gasteiger partial charge >= 0.3 is 0 Å². The highest BCUT2D eigenvalue weighted by molar-refractivity contribution is 4.92. The van der Waals surface area contributed by atoms with Crippen molar-refractivity contribution in [3.05, 3.63) is 0 Å². The fourth-order valence-electron chi connectivity index (χ4n) is 4.02. The highest BCUT2D eigenvalue weighted by Gasteiger charge is 2.33. The first-order chi connectivity index (χ1) is 9.31. The van der Waals surface area contributed by atoms with E-state index in [9.17, 15) is 0 Å². The van der Waals surface area contributed by atoms with Crippen molar-refractivity contribution in [1.29, 1.82) is 0 Å². The summed E-state index contributed by atoms with van der Waals surface area (Å²) in [7, 11) is 2.18. The summed E-state index contributed by atoms with van der Waals surface area (Å²) in [5, 5.41) is 3.66. The zero-order chi connectivity index (χ0) is 13.1. The predicted molar refractivity (Wildman–Crippen MR) is 80.5 cm³/mol. The Kier molecular flexibility index (Phi) is 4.45. The summed E-state index contributed by atoms with van der Waals surface area (Å²) >= 11 is 0. The van der Waals surface area contributed by atoms with Crippen LogP contribution in [0.1, 0.15) is 51.4 Å². The minimum Gasteiger partial charge on any atom is -0.314 e. The molecule has 0 amide bonds. The van der Waals surface area contributed by atoms with E-state index in [1.807, 2.05) is 0 Å². The lowest BCUT2D eigenvalue weighted by Crippen LogP contribution is -2.51. The lowest BCUT2D eigenvalue weighted by Gasteiger charge is -2.40. The molecule has 0 aromatic carbocycles. The lowest BCUT2D eigenvalue weighted by atomic mass is 9.79. The number of rotatable bonds is 5. The first kappa shape index (κ1) is 13.8. The third kappa shape index (κ3) is 3.50. The molecule has 0 radical (unpaired) electrons. The molecule has 1 N–H and O–H groups in total. The SMILES string of the molecule is CNC1(CCN2CCN(C3CC3)CC2)CCCCC1. The van der Waals surface area contributed by atoms with Crippen LogP contribution in [-0.4, -0.2) is 61.2 Å². The van der Waals surface area contributed by atoms with Crippen LogP contribution in [0.3, 0.4) is 0 Å². The van der Waals surface area contributed by atoms with Gasteiger partial charge in [0.25, 0.3) is 0 Å². The Bertz CT molecular complexity index is 274. The molecule has 0 bridgehead atoms. The molecule has 0 spiro atoms. The van der Waals surface area contributed by atoms with Crippen molar-refractivity contribution in [3.8, 4) is 0 Å². The number of nitrogens with zero attached hydrogens (tertiary/aromatic N) is 2. The molecule has 0 aromatic heterocycles. The fraction of sp³-hybridized carbons (Fsp3) is 1.00. The summed E-state index contributed by atoms with van der Waals surface area (Å²) in [6.07, 6.45) is 11.4. The van der Waals surface area contributed by atoms with Crippen LogP contribution in [0.4, 0.5) is 0 Å². The van der Waals surface area contributed by atoms with Gasteiger partial charge in [0.15, 0.2) is 0 Å². The van der Waals surface area contributed by atoms with Crippen LogP contribution in [0.5, 0.6) is 0 Å². The average molecular weight is 265 g/mol. The molecule has 2 aliphatic carbocycles. The van der Waals surface area contributed by atoms with Crippen LogP contribution in [0.15, 0.2) is 0 Å². The monoisotopic (exact) mass is 265 g/mol. The third-order valence-corrected chi connectivity index (χ3v) is 5.72. The second kappa shape index (κ2) is 6.11. The molecule has 3 fully saturated rings. The smallest absolute Gasteiger partial charge is 0.0190 e. The van der Waals surface area contributed by atoms with Crippen molar-refractivity contribution >= 4 is 0 Å². The van der Waals surface area contributed by atoms with E-state index in [1.165, 1.54) is 84.1 Å². The zero-order valence-electron chi connectivity index (χ0n) is 12.7. The van der Waals surface area contributed by atoms with Crippen LogP contribution < -0.4 is 5.32 Å². The van der Waals surface area contributed by atoms with Crippen LogP contribution >= 0.6 is 0 Å². The van der Waals surface area contributed by atoms with E-state index in [0.717, 1.165) is 6.04 Å². The second-order valence-corrected chi connectivity index (χ2v) is 6.95. The molecule has 3 nitrogen and oxygen atoms in total. The van der Waals surface area contributed by atoms with Gasteiger partial charge in [-0.3, -0.25) is 4.90 Å². The molecule has 2 saturated carbocycles. The molecule has 1 saturated heterocycles. The maximum atomic E-state index is 3.66. The van der Waals surface area contributed by atoms with Crippen LogP contribution in [-0.2, 0) is 0 Å². The van der Waals surface area contributed by atoms with E-state index in [4.69, 9.17) is 0 Å². The Morgan fingerprint density at radius 3 is 2.26 bits per heavy atom. The maximum Gasteiger partial charge on any atom is 0.0190 e. The Labute approximate surface area is 118 Å². The largest absolute Gasteiger partial charge is 0.314 e. The van der Waals surface area contributed by atoms with E-state index in [2.05, 4.69) is 22.2 Å². The van der Waals surface area contributed by atoms with Crippen molar-refractivity contribution in [2.75, 3.05) is 39.8 Å². The maximum absolute atomic E-state index is 3.66. The summed E-state index contributed by atoms with van der Waals surface area (Å²) in [5.41, 5.74) is 0.464. The quantitative estimate of drug-likeness (QED) is 0.821. The second-order valence-electron chi connectivity index (χ2n) is 6.95. The van der Waals surface area contributed by atoms with Gasteiger partial charge in [0.1, 0.15) is 0 Å². The van der Waals surface area contributed by atoms with Crippen molar-refractivity contribution in [2.24, 2.45) is 0 Å². The molecule has 0 unspecified atom stereocenters. The molecule has 1 aliphatic heterocycles. The number of hydrogen-bond acceptors (Lipinski definition) is 3. The van der Waals surface area contributed by atoms with E-state index >= 15 is 0 Å². The van der Waals surface area contributed by atoms with Crippen LogP contribution in [0, 0.1) is 0 Å². The minimum absolute atomic E-state index is 0.464. The van der Waals surface area contributed by atoms with Gasteiger partial charge in [-0.15, -0.1) is 0 Å². The van der Waals surface area contributed by atoms with E-state index in [1.54, 1.807) is 0 Å². The van der Waals surface area contributed by atoms with E-state index in [-0.39, 0.29) is 0 Å². The van der Waals surface area contributed by atoms with Gasteiger partial charge in [-0.05, 0) is 45.7 Å². The lowest BCUT2D eigenvalue weighted by molar-refractivity contribution is 0.109. The summed E-state index contributed by atoms with van der Waals surface area (Å²) in [5.74, 6) is 0. The van der Waals surface area contributed by atoms with Crippen molar-refractivity contribution in [3.63, 3.8) is 0 Å². The van der Waals surface area contributed by atoms with Gasteiger partial charge in [-0.2, -0.15) is 0 Å². The molecule has 0 atom stereocenters. The molecule has 19 heavy (non-hydrogen) atoms. The van der Waals surface area contributed by atoms with Gasteiger partial charge in [0, 0.05) is 37.8 Å². The molecule has 3 rings (SSSR count). The van der Waals surface area contributed by atoms with Crippen molar-refractivity contribution in [2.45, 2.75) is 62.9 Å². The highest BCUT2D eigenvalue weighted by atomic mass is 15.3. The van der Waals surface area contributed by atoms with Gasteiger partial charge in [-0.1, -0.05) is 19.3 Å². The topological polar surface area (TPSA) is 18.5 Å². The third-order valence-electron chi connectivity index (χ3n) is 5.72. The predicted octanol–water partition coefficient (Wildman–Crippen LogP) is 2.08. The molecule has 3 heteroatoms. The van der Waals surface area contributed by atoms with E-state index in [0.29, 0.717) is 5.54 Å². The Hall–Kier alpha value is -0.120. The highest BCUT2D eigenvalue weighted by Crippen LogP contribution is 2.31. The first-order valence-corrected chi connectivity index (χ1v) is 8.47. The standard InChI is InChI=1S/C16H31N3/c1-17-16(7-3-2-4-8-16)9-10-18-11-13-19(14-12-18)15-5-6-15/h15,17H,2-14H2,1H3. The van der Waals surface area contributed by atoms with Gasteiger partial charge in [-0.25, -0.2) is 0 Å². The Balaban J connectivity index is 1.41. The Morgan fingerprint density at radius 1 is 1.00 bits per heavy atom. The number of piperazine rings is 1. The van der Waals surface area contributed by atoms with E-state index < -0.39 is 0 Å². The van der Waals surface area contributed by atoms with Crippen LogP contribution in [0.25, 0.3) is 0 Å². The van der Waals surface area contributed by atoms with Gasteiger partial charge in [0.2, 0.25) is 0 Å². The molecular formula is C16H31N3. The summed E-state index contributed by atoms with van der Waals surface area (Å²) < 4.78 is 0. The number of nitrogens with one attached hydrogen (secondary N) is 1. The van der Waals surface area contributed by atoms with Crippen molar-refractivity contribution in [1.82, 2.24) is 15.1 Å². The fourth-order valence-corrected chi connectivity index (χ4v) is 4.02.